The second-order valence-electron chi connectivity index (χ2n) is 5.90. The van der Waals surface area contributed by atoms with Gasteiger partial charge in [0.1, 0.15) is 0 Å². The van der Waals surface area contributed by atoms with Crippen molar-refractivity contribution in [2.75, 3.05) is 11.5 Å². The van der Waals surface area contributed by atoms with E-state index in [0.29, 0.717) is 21.6 Å². The first-order valence-corrected chi connectivity index (χ1v) is 9.44. The zero-order valence-corrected chi connectivity index (χ0v) is 16.4. The van der Waals surface area contributed by atoms with Crippen LogP contribution in [0.5, 0.6) is 11.5 Å². The number of hydrogen-bond acceptors (Lipinski definition) is 5. The average molecular weight is 386 g/mol. The molecule has 1 amide bonds. The number of thioether (sulfide) groups is 1. The third kappa shape index (κ3) is 3.48. The molecule has 3 rings (SSSR count). The van der Waals surface area contributed by atoms with Crippen molar-refractivity contribution in [3.63, 3.8) is 0 Å². The van der Waals surface area contributed by atoms with Crippen molar-refractivity contribution in [2.24, 2.45) is 0 Å². The standard InChI is InChI=1S/C20H19NO3S2/c1-4-24-17-10-14(8-9-16(17)22)11-18-19(23)21(20(25)26-18)15-7-5-6-12(2)13(15)3/h5-11,22H,4H2,1-3H3/b18-11+. The summed E-state index contributed by atoms with van der Waals surface area (Å²) < 4.78 is 5.91. The molecule has 0 aromatic heterocycles. The smallest absolute Gasteiger partial charge is 0.270 e. The van der Waals surface area contributed by atoms with Crippen molar-refractivity contribution in [1.29, 1.82) is 0 Å². The predicted octanol–water partition coefficient (Wildman–Crippen LogP) is 4.81. The molecule has 1 aliphatic rings. The Kier molecular flexibility index (Phi) is 5.34. The van der Waals surface area contributed by atoms with Crippen molar-refractivity contribution in [3.05, 3.63) is 58.0 Å². The Morgan fingerprint density at radius 1 is 1.27 bits per heavy atom. The quantitative estimate of drug-likeness (QED) is 0.604. The molecule has 0 bridgehead atoms. The minimum atomic E-state index is -0.139. The fraction of sp³-hybridized carbons (Fsp3) is 0.200. The lowest BCUT2D eigenvalue weighted by molar-refractivity contribution is -0.113. The number of aromatic hydroxyl groups is 1. The SMILES string of the molecule is CCOc1cc(/C=C2/SC(=S)N(c3cccc(C)c3C)C2=O)ccc1O. The zero-order chi connectivity index (χ0) is 18.8. The van der Waals surface area contributed by atoms with Crippen LogP contribution < -0.4 is 9.64 Å². The lowest BCUT2D eigenvalue weighted by atomic mass is 10.1. The number of thiocarbonyl (C=S) groups is 1. The van der Waals surface area contributed by atoms with Gasteiger partial charge in [-0.15, -0.1) is 0 Å². The van der Waals surface area contributed by atoms with E-state index in [1.807, 2.05) is 39.0 Å². The molecule has 2 aromatic rings. The molecule has 1 heterocycles. The van der Waals surface area contributed by atoms with Crippen LogP contribution in [0.2, 0.25) is 0 Å². The summed E-state index contributed by atoms with van der Waals surface area (Å²) in [6, 6.07) is 10.9. The van der Waals surface area contributed by atoms with E-state index in [1.165, 1.54) is 11.8 Å². The van der Waals surface area contributed by atoms with Crippen LogP contribution in [0.4, 0.5) is 5.69 Å². The summed E-state index contributed by atoms with van der Waals surface area (Å²) >= 11 is 6.72. The Morgan fingerprint density at radius 2 is 2.04 bits per heavy atom. The normalized spacial score (nSPS) is 15.8. The Bertz CT molecular complexity index is 921. The van der Waals surface area contributed by atoms with E-state index in [-0.39, 0.29) is 11.7 Å². The van der Waals surface area contributed by atoms with E-state index in [2.05, 4.69) is 0 Å². The van der Waals surface area contributed by atoms with Crippen molar-refractivity contribution in [1.82, 2.24) is 0 Å². The number of phenolic OH excluding ortho intramolecular Hbond substituents is 1. The first-order chi connectivity index (χ1) is 12.4. The largest absolute Gasteiger partial charge is 0.504 e. The first kappa shape index (κ1) is 18.5. The molecule has 26 heavy (non-hydrogen) atoms. The number of phenols is 1. The van der Waals surface area contributed by atoms with Crippen LogP contribution >= 0.6 is 24.0 Å². The highest BCUT2D eigenvalue weighted by Crippen LogP contribution is 2.38. The van der Waals surface area contributed by atoms with Crippen LogP contribution in [0.3, 0.4) is 0 Å². The number of hydrogen-bond donors (Lipinski definition) is 1. The number of carbonyl (C=O) groups is 1. The molecule has 4 nitrogen and oxygen atoms in total. The number of nitrogens with zero attached hydrogens (tertiary/aromatic N) is 1. The van der Waals surface area contributed by atoms with Crippen molar-refractivity contribution < 1.29 is 14.6 Å². The van der Waals surface area contributed by atoms with Gasteiger partial charge < -0.3 is 9.84 Å². The van der Waals surface area contributed by atoms with Crippen LogP contribution in [-0.4, -0.2) is 21.9 Å². The van der Waals surface area contributed by atoms with Gasteiger partial charge in [0.2, 0.25) is 0 Å². The Balaban J connectivity index is 1.95. The van der Waals surface area contributed by atoms with E-state index in [0.717, 1.165) is 22.4 Å². The third-order valence-electron chi connectivity index (χ3n) is 4.19. The average Bonchev–Trinajstić information content (AvgIpc) is 2.87. The van der Waals surface area contributed by atoms with Gasteiger partial charge in [-0.3, -0.25) is 9.69 Å². The summed E-state index contributed by atoms with van der Waals surface area (Å²) in [6.45, 7) is 6.30. The van der Waals surface area contributed by atoms with Gasteiger partial charge in [-0.25, -0.2) is 0 Å². The Hall–Kier alpha value is -2.31. The lowest BCUT2D eigenvalue weighted by Gasteiger charge is -2.18. The molecule has 1 fully saturated rings. The molecule has 1 aliphatic heterocycles. The van der Waals surface area contributed by atoms with Gasteiger partial charge in [-0.05, 0) is 61.7 Å². The monoisotopic (exact) mass is 385 g/mol. The summed E-state index contributed by atoms with van der Waals surface area (Å²) in [5, 5.41) is 9.82. The molecule has 0 unspecified atom stereocenters. The number of benzene rings is 2. The molecule has 2 aromatic carbocycles. The molecule has 0 aliphatic carbocycles. The number of ether oxygens (including phenoxy) is 1. The Morgan fingerprint density at radius 3 is 2.77 bits per heavy atom. The third-order valence-corrected chi connectivity index (χ3v) is 5.49. The second-order valence-corrected chi connectivity index (χ2v) is 7.57. The Labute approximate surface area is 162 Å². The maximum Gasteiger partial charge on any atom is 0.270 e. The maximum atomic E-state index is 12.9. The summed E-state index contributed by atoms with van der Waals surface area (Å²) in [5.74, 6) is 0.331. The van der Waals surface area contributed by atoms with Gasteiger partial charge in [0, 0.05) is 0 Å². The highest BCUT2D eigenvalue weighted by atomic mass is 32.2. The van der Waals surface area contributed by atoms with Gasteiger partial charge in [0.05, 0.1) is 17.2 Å². The van der Waals surface area contributed by atoms with E-state index >= 15 is 0 Å². The van der Waals surface area contributed by atoms with Crippen molar-refractivity contribution in [3.8, 4) is 11.5 Å². The number of rotatable bonds is 4. The van der Waals surface area contributed by atoms with Crippen LogP contribution in [0.25, 0.3) is 6.08 Å². The number of amides is 1. The highest BCUT2D eigenvalue weighted by molar-refractivity contribution is 8.27. The van der Waals surface area contributed by atoms with Crippen molar-refractivity contribution in [2.45, 2.75) is 20.8 Å². The van der Waals surface area contributed by atoms with Crippen LogP contribution in [0, 0.1) is 13.8 Å². The van der Waals surface area contributed by atoms with Crippen molar-refractivity contribution >= 4 is 46.0 Å². The molecular formula is C20H19NO3S2. The van der Waals surface area contributed by atoms with E-state index in [1.54, 1.807) is 29.2 Å². The minimum absolute atomic E-state index is 0.0759. The fourth-order valence-electron chi connectivity index (χ4n) is 2.70. The molecule has 0 atom stereocenters. The molecule has 0 saturated carbocycles. The summed E-state index contributed by atoms with van der Waals surface area (Å²) in [7, 11) is 0. The molecule has 6 heteroatoms. The first-order valence-electron chi connectivity index (χ1n) is 8.22. The number of aryl methyl sites for hydroxylation is 1. The van der Waals surface area contributed by atoms with Gasteiger partial charge in [0.15, 0.2) is 15.8 Å². The summed E-state index contributed by atoms with van der Waals surface area (Å²) in [6.07, 6.45) is 1.77. The van der Waals surface area contributed by atoms with Gasteiger partial charge >= 0.3 is 0 Å². The molecule has 1 N–H and O–H groups in total. The number of carbonyl (C=O) groups excluding carboxylic acids is 1. The zero-order valence-electron chi connectivity index (χ0n) is 14.8. The lowest BCUT2D eigenvalue weighted by Crippen LogP contribution is -2.28. The highest BCUT2D eigenvalue weighted by Gasteiger charge is 2.34. The van der Waals surface area contributed by atoms with E-state index in [4.69, 9.17) is 17.0 Å². The van der Waals surface area contributed by atoms with E-state index in [9.17, 15) is 9.90 Å². The van der Waals surface area contributed by atoms with E-state index < -0.39 is 0 Å². The molecule has 0 spiro atoms. The molecular weight excluding hydrogens is 366 g/mol. The van der Waals surface area contributed by atoms with Crippen LogP contribution in [0.1, 0.15) is 23.6 Å². The topological polar surface area (TPSA) is 49.8 Å². The summed E-state index contributed by atoms with van der Waals surface area (Å²) in [5.41, 5.74) is 3.73. The molecule has 1 saturated heterocycles. The predicted molar refractivity (Wildman–Crippen MR) is 111 cm³/mol. The molecule has 0 radical (unpaired) electrons. The fourth-order valence-corrected chi connectivity index (χ4v) is 3.98. The minimum Gasteiger partial charge on any atom is -0.504 e. The van der Waals surface area contributed by atoms with Gasteiger partial charge in [-0.1, -0.05) is 42.2 Å². The van der Waals surface area contributed by atoms with Crippen LogP contribution in [-0.2, 0) is 4.79 Å². The summed E-state index contributed by atoms with van der Waals surface area (Å²) in [4.78, 5) is 15.1. The van der Waals surface area contributed by atoms with Gasteiger partial charge in [-0.2, -0.15) is 0 Å². The number of anilines is 1. The second kappa shape index (κ2) is 7.51. The van der Waals surface area contributed by atoms with Gasteiger partial charge in [0.25, 0.3) is 5.91 Å². The van der Waals surface area contributed by atoms with Crippen LogP contribution in [0.15, 0.2) is 41.3 Å². The maximum absolute atomic E-state index is 12.9. The molecule has 134 valence electrons.